The average molecular weight is 660 g/mol. The number of ether oxygens (including phenoxy) is 1. The summed E-state index contributed by atoms with van der Waals surface area (Å²) in [7, 11) is 0. The lowest BCUT2D eigenvalue weighted by molar-refractivity contribution is -0.133. The van der Waals surface area contributed by atoms with Crippen LogP contribution < -0.4 is 27.3 Å². The normalized spacial score (nSPS) is 20.9. The number of Topliss-reactive ketones (excluding diaryl/α,β-unsaturated/α-hetero) is 1. The number of hydrogen-bond donors (Lipinski definition) is 4. The van der Waals surface area contributed by atoms with Crippen LogP contribution in [0.2, 0.25) is 0 Å². The summed E-state index contributed by atoms with van der Waals surface area (Å²) in [5.41, 5.74) is 22.5. The molecular formula is C38H37N5O4S. The second kappa shape index (κ2) is 12.5. The van der Waals surface area contributed by atoms with Gasteiger partial charge >= 0.3 is 0 Å². The predicted octanol–water partition coefficient (Wildman–Crippen LogP) is 5.68. The van der Waals surface area contributed by atoms with Crippen LogP contribution in [-0.2, 0) is 21.7 Å². The fourth-order valence-corrected chi connectivity index (χ4v) is 8.22. The number of nitrogens with two attached hydrogens (primary N) is 3. The van der Waals surface area contributed by atoms with Gasteiger partial charge in [-0.25, -0.2) is 0 Å². The van der Waals surface area contributed by atoms with Gasteiger partial charge in [-0.1, -0.05) is 60.7 Å². The van der Waals surface area contributed by atoms with E-state index in [2.05, 4.69) is 5.32 Å². The van der Waals surface area contributed by atoms with Crippen molar-refractivity contribution in [2.75, 3.05) is 12.3 Å². The molecule has 0 bridgehead atoms. The second-order valence-corrected chi connectivity index (χ2v) is 13.6. The van der Waals surface area contributed by atoms with E-state index in [1.165, 1.54) is 11.3 Å². The smallest absolute Gasteiger partial charge is 0.262 e. The quantitative estimate of drug-likeness (QED) is 0.164. The summed E-state index contributed by atoms with van der Waals surface area (Å²) in [5, 5.41) is 3.60. The molecular weight excluding hydrogens is 623 g/mol. The van der Waals surface area contributed by atoms with E-state index >= 15 is 0 Å². The van der Waals surface area contributed by atoms with Crippen molar-refractivity contribution in [2.24, 2.45) is 11.5 Å². The number of hydrogen-bond acceptors (Lipinski definition) is 8. The number of nitrogen functional groups attached to an aromatic ring is 1. The van der Waals surface area contributed by atoms with E-state index in [0.29, 0.717) is 63.5 Å². The maximum absolute atomic E-state index is 14.3. The van der Waals surface area contributed by atoms with Crippen LogP contribution in [0, 0.1) is 6.92 Å². The van der Waals surface area contributed by atoms with Gasteiger partial charge < -0.3 is 32.2 Å². The first kappa shape index (κ1) is 31.6. The number of anilines is 1. The van der Waals surface area contributed by atoms with Crippen molar-refractivity contribution >= 4 is 44.7 Å². The summed E-state index contributed by atoms with van der Waals surface area (Å²) in [5.74, 6) is 0.268. The lowest BCUT2D eigenvalue weighted by atomic mass is 9.69. The first-order valence-corrected chi connectivity index (χ1v) is 16.9. The van der Waals surface area contributed by atoms with Crippen LogP contribution in [0.15, 0.2) is 91.0 Å². The molecule has 2 amide bonds. The summed E-state index contributed by atoms with van der Waals surface area (Å²) >= 11 is 1.18. The highest BCUT2D eigenvalue weighted by Crippen LogP contribution is 2.50. The van der Waals surface area contributed by atoms with E-state index in [4.69, 9.17) is 21.9 Å². The van der Waals surface area contributed by atoms with Gasteiger partial charge in [-0.15, -0.1) is 11.3 Å². The molecule has 7 rings (SSSR count). The number of para-hydroxylation sites is 1. The zero-order valence-corrected chi connectivity index (χ0v) is 27.4. The molecule has 7 N–H and O–H groups in total. The highest BCUT2D eigenvalue weighted by Gasteiger charge is 2.49. The number of thiophene rings is 1. The van der Waals surface area contributed by atoms with Gasteiger partial charge in [0.05, 0.1) is 15.6 Å². The summed E-state index contributed by atoms with van der Waals surface area (Å²) in [6, 6.07) is 26.2. The van der Waals surface area contributed by atoms with E-state index in [9.17, 15) is 14.4 Å². The number of rotatable bonds is 7. The third-order valence-electron chi connectivity index (χ3n) is 9.42. The first-order valence-electron chi connectivity index (χ1n) is 16.1. The molecule has 10 heteroatoms. The highest BCUT2D eigenvalue weighted by molar-refractivity contribution is 7.21. The molecule has 1 fully saturated rings. The molecule has 1 aliphatic heterocycles. The topological polar surface area (TPSA) is 154 Å². The Hall–Kier alpha value is -5.03. The number of amides is 2. The van der Waals surface area contributed by atoms with Gasteiger partial charge in [0, 0.05) is 29.7 Å². The molecule has 1 aliphatic carbocycles. The van der Waals surface area contributed by atoms with Gasteiger partial charge in [-0.05, 0) is 78.8 Å². The van der Waals surface area contributed by atoms with Crippen LogP contribution in [0.5, 0.6) is 11.5 Å². The van der Waals surface area contributed by atoms with Crippen LogP contribution >= 0.6 is 11.3 Å². The van der Waals surface area contributed by atoms with E-state index in [0.717, 1.165) is 24.0 Å². The molecule has 1 saturated heterocycles. The summed E-state index contributed by atoms with van der Waals surface area (Å²) < 4.78 is 6.65. The van der Waals surface area contributed by atoms with E-state index in [1.54, 1.807) is 29.2 Å². The minimum atomic E-state index is -1.60. The summed E-state index contributed by atoms with van der Waals surface area (Å²) in [4.78, 5) is 44.1. The van der Waals surface area contributed by atoms with Crippen LogP contribution in [0.1, 0.15) is 62.8 Å². The Morgan fingerprint density at radius 3 is 2.40 bits per heavy atom. The number of likely N-dealkylation sites (tertiary alicyclic amines) is 1. The summed E-state index contributed by atoms with van der Waals surface area (Å²) in [6.07, 6.45) is 2.15. The molecule has 3 unspecified atom stereocenters. The van der Waals surface area contributed by atoms with Crippen molar-refractivity contribution < 1.29 is 19.1 Å². The average Bonchev–Trinajstić information content (AvgIpc) is 3.42. The van der Waals surface area contributed by atoms with Crippen molar-refractivity contribution in [3.8, 4) is 11.5 Å². The maximum atomic E-state index is 14.3. The predicted molar refractivity (Wildman–Crippen MR) is 188 cm³/mol. The van der Waals surface area contributed by atoms with Gasteiger partial charge in [-0.2, -0.15) is 0 Å². The number of nitrogens with one attached hydrogen (secondary N) is 1. The molecule has 0 radical (unpaired) electrons. The number of ketones is 1. The molecule has 244 valence electrons. The lowest BCUT2D eigenvalue weighted by Crippen LogP contribution is -2.53. The van der Waals surface area contributed by atoms with Crippen molar-refractivity contribution in [1.29, 1.82) is 0 Å². The largest absolute Gasteiger partial charge is 0.457 e. The minimum absolute atomic E-state index is 0.129. The fourth-order valence-electron chi connectivity index (χ4n) is 7.02. The zero-order valence-electron chi connectivity index (χ0n) is 26.6. The third kappa shape index (κ3) is 5.41. The van der Waals surface area contributed by atoms with E-state index in [1.807, 2.05) is 73.7 Å². The van der Waals surface area contributed by atoms with Crippen LogP contribution in [0.3, 0.4) is 0 Å². The molecule has 2 heterocycles. The molecule has 0 spiro atoms. The summed E-state index contributed by atoms with van der Waals surface area (Å²) in [6.45, 7) is 2.96. The highest BCUT2D eigenvalue weighted by atomic mass is 32.1. The van der Waals surface area contributed by atoms with Crippen molar-refractivity contribution in [3.63, 3.8) is 0 Å². The Bertz CT molecular complexity index is 2050. The number of carbonyl (C=O) groups is 3. The van der Waals surface area contributed by atoms with Crippen molar-refractivity contribution in [1.82, 2.24) is 10.2 Å². The van der Waals surface area contributed by atoms with Crippen LogP contribution in [-0.4, -0.2) is 35.1 Å². The molecule has 1 aromatic heterocycles. The van der Waals surface area contributed by atoms with Gasteiger partial charge in [0.25, 0.3) is 5.91 Å². The zero-order chi connectivity index (χ0) is 33.6. The van der Waals surface area contributed by atoms with Crippen LogP contribution in [0.4, 0.5) is 5.69 Å². The Kier molecular flexibility index (Phi) is 8.24. The molecule has 5 aromatic rings. The molecule has 0 saturated carbocycles. The number of benzene rings is 4. The fraction of sp³-hybridized carbons (Fsp3) is 0.237. The van der Waals surface area contributed by atoms with Gasteiger partial charge in [-0.3, -0.25) is 14.4 Å². The Balaban J connectivity index is 1.23. The van der Waals surface area contributed by atoms with Gasteiger partial charge in [0.2, 0.25) is 5.91 Å². The molecule has 4 aromatic carbocycles. The van der Waals surface area contributed by atoms with Crippen molar-refractivity contribution in [3.05, 3.63) is 124 Å². The first-order chi connectivity index (χ1) is 23.2. The Morgan fingerprint density at radius 1 is 0.958 bits per heavy atom. The van der Waals surface area contributed by atoms with E-state index in [-0.39, 0.29) is 10.8 Å². The molecule has 9 nitrogen and oxygen atoms in total. The number of aryl methyl sites for hydroxylation is 1. The monoisotopic (exact) mass is 659 g/mol. The lowest BCUT2D eigenvalue weighted by Gasteiger charge is -2.37. The molecule has 48 heavy (non-hydrogen) atoms. The van der Waals surface area contributed by atoms with Crippen molar-refractivity contribution in [2.45, 2.75) is 50.4 Å². The molecule has 2 aliphatic rings. The third-order valence-corrected chi connectivity index (χ3v) is 10.7. The number of nitrogens with zero attached hydrogens (tertiary/aromatic N) is 1. The second-order valence-electron chi connectivity index (χ2n) is 12.6. The minimum Gasteiger partial charge on any atom is -0.457 e. The Morgan fingerprint density at radius 2 is 1.67 bits per heavy atom. The van der Waals surface area contributed by atoms with E-state index < -0.39 is 29.3 Å². The van der Waals surface area contributed by atoms with Crippen LogP contribution in [0.25, 0.3) is 10.1 Å². The standard InChI is InChI=1S/C38H37N5O4S/c1-22-20-25(47-24-12-6-3-7-13-24)15-16-26(22)38(41)27-17-18-28(39)33-30(27)31(32(40)35(38)44)34(48-33)36(45)42-29-14-8-9-19-43(37(29)46)21-23-10-4-2-5-11-23/h2-7,10-13,15-18,20,29,32H,8-9,14,19,21,39-41H2,1H3,(H,42,45). The van der Waals surface area contributed by atoms with Gasteiger partial charge in [0.1, 0.15) is 23.1 Å². The molecule has 3 atom stereocenters. The number of carbonyl (C=O) groups excluding carboxylic acids is 3. The Labute approximate surface area is 282 Å². The SMILES string of the molecule is Cc1cc(Oc2ccccc2)ccc1C1(N)C(=O)C(N)c2c(C(=O)NC3CCCCN(Cc4ccccc4)C3=O)sc3c(N)ccc1c23. The van der Waals surface area contributed by atoms with Gasteiger partial charge in [0.15, 0.2) is 5.78 Å². The maximum Gasteiger partial charge on any atom is 0.262 e.